The fourth-order valence-electron chi connectivity index (χ4n) is 5.02. The van der Waals surface area contributed by atoms with E-state index in [-0.39, 0.29) is 30.1 Å². The first-order valence-electron chi connectivity index (χ1n) is 12.7. The van der Waals surface area contributed by atoms with Crippen LogP contribution in [0.2, 0.25) is 5.02 Å². The molecule has 2 aromatic carbocycles. The lowest BCUT2D eigenvalue weighted by Gasteiger charge is -2.42. The number of urea groups is 1. The van der Waals surface area contributed by atoms with Gasteiger partial charge >= 0.3 is 12.0 Å². The van der Waals surface area contributed by atoms with Crippen molar-refractivity contribution >= 4 is 33.6 Å². The van der Waals surface area contributed by atoms with E-state index in [4.69, 9.17) is 16.3 Å². The lowest BCUT2D eigenvalue weighted by atomic mass is 9.94. The molecule has 1 saturated heterocycles. The fourth-order valence-corrected chi connectivity index (χ4v) is 6.76. The second-order valence-electron chi connectivity index (χ2n) is 9.27. The number of nitrogens with one attached hydrogen (secondary N) is 1. The number of hydrogen-bond acceptors (Lipinski definition) is 6. The van der Waals surface area contributed by atoms with Gasteiger partial charge in [-0.2, -0.15) is 4.31 Å². The molecule has 2 heterocycles. The lowest BCUT2D eigenvalue weighted by Crippen LogP contribution is -2.56. The minimum Gasteiger partial charge on any atom is -0.463 e. The average Bonchev–Trinajstić information content (AvgIpc) is 2.89. The zero-order chi connectivity index (χ0) is 27.4. The second-order valence-corrected chi connectivity index (χ2v) is 11.6. The molecule has 1 N–H and O–H groups in total. The van der Waals surface area contributed by atoms with E-state index in [0.29, 0.717) is 42.5 Å². The molecule has 9 nitrogen and oxygen atoms in total. The van der Waals surface area contributed by atoms with E-state index >= 15 is 0 Å². The second kappa shape index (κ2) is 11.9. The summed E-state index contributed by atoms with van der Waals surface area (Å²) in [4.78, 5) is 30.2. The van der Waals surface area contributed by atoms with Crippen LogP contribution in [0.3, 0.4) is 0 Å². The van der Waals surface area contributed by atoms with E-state index in [1.807, 2.05) is 44.2 Å². The molecule has 0 spiro atoms. The number of nitrogens with zero attached hydrogens (tertiary/aromatic N) is 3. The number of likely N-dealkylation sites (N-methyl/N-ethyl adjacent to an activating group) is 1. The van der Waals surface area contributed by atoms with Crippen molar-refractivity contribution in [1.82, 2.24) is 19.4 Å². The molecule has 38 heavy (non-hydrogen) atoms. The highest BCUT2D eigenvalue weighted by atomic mass is 35.5. The van der Waals surface area contributed by atoms with E-state index in [1.165, 1.54) is 16.4 Å². The molecule has 0 unspecified atom stereocenters. The van der Waals surface area contributed by atoms with Crippen LogP contribution in [0.5, 0.6) is 0 Å². The van der Waals surface area contributed by atoms with Gasteiger partial charge in [-0.05, 0) is 50.6 Å². The van der Waals surface area contributed by atoms with Gasteiger partial charge < -0.3 is 10.1 Å². The summed E-state index contributed by atoms with van der Waals surface area (Å²) in [5.74, 6) is -0.480. The van der Waals surface area contributed by atoms with Crippen LogP contribution < -0.4 is 5.32 Å². The van der Waals surface area contributed by atoms with E-state index < -0.39 is 22.0 Å². The third-order valence-electron chi connectivity index (χ3n) is 6.83. The molecular weight excluding hydrogens is 528 g/mol. The van der Waals surface area contributed by atoms with Gasteiger partial charge in [0, 0.05) is 49.5 Å². The van der Waals surface area contributed by atoms with Crippen molar-refractivity contribution in [2.75, 3.05) is 39.3 Å². The number of hydrogen-bond donors (Lipinski definition) is 1. The van der Waals surface area contributed by atoms with Crippen LogP contribution in [0.4, 0.5) is 4.79 Å². The average molecular weight is 561 g/mol. The monoisotopic (exact) mass is 560 g/mol. The van der Waals surface area contributed by atoms with Crippen LogP contribution in [-0.4, -0.2) is 79.9 Å². The Hall–Kier alpha value is -2.92. The molecule has 2 aromatic rings. The van der Waals surface area contributed by atoms with E-state index in [1.54, 1.807) is 24.0 Å². The maximum absolute atomic E-state index is 13.3. The number of halogens is 1. The normalized spacial score (nSPS) is 21.4. The van der Waals surface area contributed by atoms with Gasteiger partial charge in [0.25, 0.3) is 0 Å². The molecule has 2 aliphatic rings. The van der Waals surface area contributed by atoms with Crippen LogP contribution in [0.25, 0.3) is 0 Å². The number of piperazine rings is 1. The molecule has 4 rings (SSSR count). The predicted octanol–water partition coefficient (Wildman–Crippen LogP) is 3.64. The van der Waals surface area contributed by atoms with E-state index in [9.17, 15) is 18.0 Å². The molecule has 0 aromatic heterocycles. The van der Waals surface area contributed by atoms with E-state index in [0.717, 1.165) is 5.56 Å². The molecule has 0 radical (unpaired) electrons. The van der Waals surface area contributed by atoms with Crippen molar-refractivity contribution in [2.24, 2.45) is 0 Å². The van der Waals surface area contributed by atoms with Crippen LogP contribution >= 0.6 is 11.6 Å². The molecule has 0 bridgehead atoms. The summed E-state index contributed by atoms with van der Waals surface area (Å²) in [7, 11) is -3.70. The van der Waals surface area contributed by atoms with Crippen LogP contribution in [-0.2, 0) is 19.6 Å². The third kappa shape index (κ3) is 5.73. The lowest BCUT2D eigenvalue weighted by molar-refractivity contribution is -0.139. The van der Waals surface area contributed by atoms with Crippen molar-refractivity contribution < 1.29 is 22.7 Å². The van der Waals surface area contributed by atoms with Gasteiger partial charge in [-0.1, -0.05) is 41.9 Å². The van der Waals surface area contributed by atoms with Crippen molar-refractivity contribution in [1.29, 1.82) is 0 Å². The molecule has 204 valence electrons. The van der Waals surface area contributed by atoms with Gasteiger partial charge in [-0.3, -0.25) is 9.80 Å². The van der Waals surface area contributed by atoms with Crippen LogP contribution in [0.1, 0.15) is 32.4 Å². The van der Waals surface area contributed by atoms with Crippen molar-refractivity contribution in [3.63, 3.8) is 0 Å². The maximum atomic E-state index is 13.3. The van der Waals surface area contributed by atoms with Gasteiger partial charge in [0.2, 0.25) is 10.0 Å². The SMILES string of the molecule is CCOC(=O)C1=C(CN2CCN(S(=O)(=O)c3ccc(Cl)cc3)[C@@H](C)C2)N(CC)C(=O)N[C@H]1c1ccccc1. The highest BCUT2D eigenvalue weighted by Crippen LogP contribution is 2.32. The van der Waals surface area contributed by atoms with Gasteiger partial charge in [0.15, 0.2) is 0 Å². The Kier molecular flexibility index (Phi) is 8.77. The molecule has 1 fully saturated rings. The maximum Gasteiger partial charge on any atom is 0.338 e. The Morgan fingerprint density at radius 3 is 2.37 bits per heavy atom. The third-order valence-corrected chi connectivity index (χ3v) is 9.11. The Balaban J connectivity index is 1.63. The number of carbonyl (C=O) groups is 2. The number of sulfonamides is 1. The van der Waals surface area contributed by atoms with Gasteiger partial charge in [-0.15, -0.1) is 0 Å². The van der Waals surface area contributed by atoms with E-state index in [2.05, 4.69) is 10.2 Å². The molecule has 11 heteroatoms. The van der Waals surface area contributed by atoms with Crippen LogP contribution in [0.15, 0.2) is 70.8 Å². The Bertz CT molecular complexity index is 1300. The Morgan fingerprint density at radius 1 is 1.08 bits per heavy atom. The van der Waals surface area contributed by atoms with Gasteiger partial charge in [-0.25, -0.2) is 18.0 Å². The standard InChI is InChI=1S/C27H33ClN4O5S/c1-4-31-23(24(26(33)37-5-2)25(29-27(31)34)20-9-7-6-8-10-20)18-30-15-16-32(19(3)17-30)38(35,36)22-13-11-21(28)12-14-22/h6-14,19,25H,4-5,15-18H2,1-3H3,(H,29,34)/t19-,25-/m0/s1. The predicted molar refractivity (Wildman–Crippen MR) is 145 cm³/mol. The highest BCUT2D eigenvalue weighted by molar-refractivity contribution is 7.89. The molecule has 0 aliphatic carbocycles. The number of benzene rings is 2. The largest absolute Gasteiger partial charge is 0.463 e. The number of amides is 2. The summed E-state index contributed by atoms with van der Waals surface area (Å²) < 4.78 is 33.5. The number of rotatable bonds is 8. The number of esters is 1. The summed E-state index contributed by atoms with van der Waals surface area (Å²) in [5.41, 5.74) is 1.75. The fraction of sp³-hybridized carbons (Fsp3) is 0.407. The minimum atomic E-state index is -3.70. The number of carbonyl (C=O) groups excluding carboxylic acids is 2. The van der Waals surface area contributed by atoms with Crippen LogP contribution in [0, 0.1) is 0 Å². The molecule has 0 saturated carbocycles. The minimum absolute atomic E-state index is 0.196. The first-order chi connectivity index (χ1) is 18.2. The number of ether oxygens (including phenoxy) is 1. The van der Waals surface area contributed by atoms with Gasteiger partial charge in [0.05, 0.1) is 23.1 Å². The topological polar surface area (TPSA) is 99.3 Å². The summed E-state index contributed by atoms with van der Waals surface area (Å²) in [6.45, 7) is 7.47. The summed E-state index contributed by atoms with van der Waals surface area (Å²) in [5, 5.41) is 3.43. The molecule has 2 amide bonds. The molecule has 2 aliphatic heterocycles. The molecular formula is C27H33ClN4O5S. The molecule has 2 atom stereocenters. The van der Waals surface area contributed by atoms with Gasteiger partial charge in [0.1, 0.15) is 0 Å². The smallest absolute Gasteiger partial charge is 0.338 e. The first-order valence-corrected chi connectivity index (χ1v) is 14.5. The summed E-state index contributed by atoms with van der Waals surface area (Å²) in [6.07, 6.45) is 0. The Labute approximate surface area is 229 Å². The van der Waals surface area contributed by atoms with Crippen molar-refractivity contribution in [2.45, 2.75) is 37.8 Å². The summed E-state index contributed by atoms with van der Waals surface area (Å²) >= 11 is 5.94. The van der Waals surface area contributed by atoms with Crippen molar-refractivity contribution in [3.05, 3.63) is 76.5 Å². The zero-order valence-corrected chi connectivity index (χ0v) is 23.3. The first kappa shape index (κ1) is 28.1. The highest BCUT2D eigenvalue weighted by Gasteiger charge is 2.40. The van der Waals surface area contributed by atoms with Crippen molar-refractivity contribution in [3.8, 4) is 0 Å². The quantitative estimate of drug-likeness (QED) is 0.495. The Morgan fingerprint density at radius 2 is 1.76 bits per heavy atom. The zero-order valence-electron chi connectivity index (χ0n) is 21.8. The summed E-state index contributed by atoms with van der Waals surface area (Å²) in [6, 6.07) is 14.2.